The molecule has 2 N–H and O–H groups in total. The van der Waals surface area contributed by atoms with Crippen molar-refractivity contribution in [2.75, 3.05) is 35.5 Å². The summed E-state index contributed by atoms with van der Waals surface area (Å²) in [7, 11) is 7.54. The molecule has 0 radical (unpaired) electrons. The largest absolute Gasteiger partial charge is 0.504 e. The number of rotatable bonds is 14. The molecule has 226 valence electrons. The third-order valence-corrected chi connectivity index (χ3v) is 6.61. The Bertz CT molecular complexity index is 1550. The molecule has 9 heteroatoms. The lowest BCUT2D eigenvalue weighted by molar-refractivity contribution is -0.121. The van der Waals surface area contributed by atoms with E-state index in [9.17, 15) is 19.8 Å². The predicted molar refractivity (Wildman–Crippen MR) is 166 cm³/mol. The molecule has 1 unspecified atom stereocenters. The minimum atomic E-state index is -0.389. The van der Waals surface area contributed by atoms with Gasteiger partial charge in [-0.05, 0) is 53.6 Å². The van der Waals surface area contributed by atoms with Crippen LogP contribution in [0.4, 0.5) is 0 Å². The minimum absolute atomic E-state index is 0.0103. The minimum Gasteiger partial charge on any atom is -0.504 e. The average molecular weight is 589 g/mol. The predicted octanol–water partition coefficient (Wildman–Crippen LogP) is 6.21. The summed E-state index contributed by atoms with van der Waals surface area (Å²) in [6.45, 7) is 1.91. The molecule has 0 aromatic heterocycles. The summed E-state index contributed by atoms with van der Waals surface area (Å²) in [4.78, 5) is 24.9. The van der Waals surface area contributed by atoms with Gasteiger partial charge in [0.2, 0.25) is 0 Å². The molecule has 0 bridgehead atoms. The summed E-state index contributed by atoms with van der Waals surface area (Å²) >= 11 is 0. The number of phenols is 2. The zero-order chi connectivity index (χ0) is 31.5. The van der Waals surface area contributed by atoms with E-state index in [1.54, 1.807) is 69.9 Å². The summed E-state index contributed by atoms with van der Waals surface area (Å²) in [5, 5.41) is 20.5. The van der Waals surface area contributed by atoms with Crippen LogP contribution in [0.1, 0.15) is 41.5 Å². The molecule has 9 nitrogen and oxygen atoms in total. The van der Waals surface area contributed by atoms with Crippen molar-refractivity contribution in [1.29, 1.82) is 0 Å². The Morgan fingerprint density at radius 3 is 1.84 bits per heavy atom. The van der Waals surface area contributed by atoms with Crippen LogP contribution in [0, 0.1) is 0 Å². The van der Waals surface area contributed by atoms with Crippen molar-refractivity contribution in [3.8, 4) is 40.2 Å². The Labute approximate surface area is 251 Å². The Morgan fingerprint density at radius 2 is 1.23 bits per heavy atom. The lowest BCUT2D eigenvalue weighted by atomic mass is 9.95. The molecule has 3 aromatic carbocycles. The number of ketones is 2. The van der Waals surface area contributed by atoms with E-state index >= 15 is 0 Å². The first-order chi connectivity index (χ1) is 20.6. The molecule has 1 atom stereocenters. The van der Waals surface area contributed by atoms with E-state index in [2.05, 4.69) is 0 Å². The third kappa shape index (κ3) is 8.42. The second kappa shape index (κ2) is 15.2. The number of ether oxygens (including phenoxy) is 5. The number of methoxy groups -OCH3 is 5. The van der Waals surface area contributed by atoms with Crippen LogP contribution in [-0.2, 0) is 9.59 Å². The molecule has 0 aliphatic carbocycles. The molecule has 3 aromatic rings. The Hall–Kier alpha value is -5.18. The van der Waals surface area contributed by atoms with Crippen molar-refractivity contribution in [3.63, 3.8) is 0 Å². The molecular weight excluding hydrogens is 552 g/mol. The highest BCUT2D eigenvalue weighted by molar-refractivity contribution is 6.10. The van der Waals surface area contributed by atoms with Gasteiger partial charge in [-0.1, -0.05) is 37.3 Å². The third-order valence-electron chi connectivity index (χ3n) is 6.61. The maximum absolute atomic E-state index is 12.5. The summed E-state index contributed by atoms with van der Waals surface area (Å²) in [6.07, 6.45) is 9.17. The molecule has 43 heavy (non-hydrogen) atoms. The first-order valence-corrected chi connectivity index (χ1v) is 13.3. The molecule has 0 spiro atoms. The number of aromatic hydroxyl groups is 2. The summed E-state index contributed by atoms with van der Waals surface area (Å²) < 4.78 is 26.7. The Morgan fingerprint density at radius 1 is 0.674 bits per heavy atom. The maximum Gasteiger partial charge on any atom is 0.164 e. The monoisotopic (exact) mass is 588 g/mol. The molecular formula is C34H36O9. The van der Waals surface area contributed by atoms with Crippen LogP contribution in [0.3, 0.4) is 0 Å². The van der Waals surface area contributed by atoms with Gasteiger partial charge in [-0.3, -0.25) is 9.59 Å². The van der Waals surface area contributed by atoms with E-state index in [1.807, 2.05) is 19.1 Å². The van der Waals surface area contributed by atoms with E-state index < -0.39 is 0 Å². The van der Waals surface area contributed by atoms with Crippen molar-refractivity contribution in [1.82, 2.24) is 0 Å². The number of carbonyl (C=O) groups excluding carboxylic acids is 2. The second-order valence-electron chi connectivity index (χ2n) is 9.47. The fourth-order valence-electron chi connectivity index (χ4n) is 4.25. The van der Waals surface area contributed by atoms with E-state index in [0.717, 1.165) is 5.56 Å². The van der Waals surface area contributed by atoms with Gasteiger partial charge in [0.05, 0.1) is 42.0 Å². The molecule has 3 rings (SSSR count). The van der Waals surface area contributed by atoms with Crippen LogP contribution >= 0.6 is 0 Å². The molecule has 0 aliphatic heterocycles. The Kier molecular flexibility index (Phi) is 11.4. The first kappa shape index (κ1) is 32.3. The maximum atomic E-state index is 12.5. The summed E-state index contributed by atoms with van der Waals surface area (Å²) in [5.41, 5.74) is 2.58. The van der Waals surface area contributed by atoms with Crippen LogP contribution in [0.25, 0.3) is 18.2 Å². The topological polar surface area (TPSA) is 121 Å². The SMILES string of the molecule is COc1cc(C=CC(=O)CC(=O)C=Cc2cc(OC)c(O)c(C(C)C=Cc3cc(OC)c(OC)cc3OC)c2)ccc1O. The van der Waals surface area contributed by atoms with Gasteiger partial charge >= 0.3 is 0 Å². The number of phenolic OH excluding ortho intramolecular Hbond substituents is 2. The van der Waals surface area contributed by atoms with Crippen LogP contribution < -0.4 is 23.7 Å². The fraction of sp³-hybridized carbons (Fsp3) is 0.235. The van der Waals surface area contributed by atoms with E-state index in [4.69, 9.17) is 23.7 Å². The van der Waals surface area contributed by atoms with Crippen LogP contribution in [0.2, 0.25) is 0 Å². The van der Waals surface area contributed by atoms with E-state index in [1.165, 1.54) is 32.4 Å². The smallest absolute Gasteiger partial charge is 0.164 e. The number of benzene rings is 3. The number of carbonyl (C=O) groups is 2. The lowest BCUT2D eigenvalue weighted by Gasteiger charge is -2.15. The van der Waals surface area contributed by atoms with E-state index in [0.29, 0.717) is 33.9 Å². The van der Waals surface area contributed by atoms with Gasteiger partial charge in [0.15, 0.2) is 46.1 Å². The number of allylic oxidation sites excluding steroid dienone is 3. The molecule has 0 aliphatic rings. The average Bonchev–Trinajstić information content (AvgIpc) is 3.01. The van der Waals surface area contributed by atoms with Crippen LogP contribution in [0.5, 0.6) is 40.2 Å². The summed E-state index contributed by atoms with van der Waals surface area (Å²) in [6, 6.07) is 11.6. The van der Waals surface area contributed by atoms with E-state index in [-0.39, 0.29) is 46.9 Å². The van der Waals surface area contributed by atoms with Gasteiger partial charge in [0, 0.05) is 23.1 Å². The quantitative estimate of drug-likeness (QED) is 0.167. The number of hydrogen-bond donors (Lipinski definition) is 2. The fourth-order valence-corrected chi connectivity index (χ4v) is 4.25. The van der Waals surface area contributed by atoms with Gasteiger partial charge in [0.25, 0.3) is 0 Å². The van der Waals surface area contributed by atoms with Crippen LogP contribution in [0.15, 0.2) is 60.7 Å². The molecule has 0 heterocycles. The molecule has 0 saturated carbocycles. The molecule has 0 amide bonds. The van der Waals surface area contributed by atoms with Crippen molar-refractivity contribution in [3.05, 3.63) is 82.9 Å². The normalized spacial score (nSPS) is 12.0. The number of hydrogen-bond acceptors (Lipinski definition) is 9. The highest BCUT2D eigenvalue weighted by atomic mass is 16.5. The Balaban J connectivity index is 1.77. The van der Waals surface area contributed by atoms with Gasteiger partial charge in [-0.15, -0.1) is 0 Å². The van der Waals surface area contributed by atoms with Crippen molar-refractivity contribution < 1.29 is 43.5 Å². The zero-order valence-electron chi connectivity index (χ0n) is 25.0. The van der Waals surface area contributed by atoms with Crippen molar-refractivity contribution in [2.24, 2.45) is 0 Å². The highest BCUT2D eigenvalue weighted by Crippen LogP contribution is 2.39. The standard InChI is InChI=1S/C34H36O9/c1-21(7-11-24-18-31(41-4)32(42-5)20-29(24)39-2)27-15-23(17-33(43-6)34(27)38)9-13-26(36)19-25(35)12-8-22-10-14-28(37)30(16-22)40-3/h7-18,20-21,37-38H,19H2,1-6H3. The van der Waals surface area contributed by atoms with Gasteiger partial charge in [-0.2, -0.15) is 0 Å². The first-order valence-electron chi connectivity index (χ1n) is 13.3. The van der Waals surface area contributed by atoms with Crippen molar-refractivity contribution in [2.45, 2.75) is 19.3 Å². The highest BCUT2D eigenvalue weighted by Gasteiger charge is 2.16. The van der Waals surface area contributed by atoms with Crippen molar-refractivity contribution >= 4 is 29.8 Å². The molecule has 0 fully saturated rings. The second-order valence-corrected chi connectivity index (χ2v) is 9.47. The summed E-state index contributed by atoms with van der Waals surface area (Å²) in [5.74, 6) is 1.14. The lowest BCUT2D eigenvalue weighted by Crippen LogP contribution is -2.02. The molecule has 0 saturated heterocycles. The zero-order valence-corrected chi connectivity index (χ0v) is 25.0. The van der Waals surface area contributed by atoms with Gasteiger partial charge in [0.1, 0.15) is 5.75 Å². The van der Waals surface area contributed by atoms with Gasteiger partial charge < -0.3 is 33.9 Å². The van der Waals surface area contributed by atoms with Crippen LogP contribution in [-0.4, -0.2) is 57.3 Å². The van der Waals surface area contributed by atoms with Gasteiger partial charge in [-0.25, -0.2) is 0 Å².